The monoisotopic (exact) mass is 480 g/mol. The number of thioether (sulfide) groups is 1. The largest absolute Gasteiger partial charge is 0.354 e. The van der Waals surface area contributed by atoms with Crippen LogP contribution in [-0.4, -0.2) is 56.1 Å². The maximum absolute atomic E-state index is 13.5. The van der Waals surface area contributed by atoms with Crippen LogP contribution in [0.4, 0.5) is 4.39 Å². The first-order chi connectivity index (χ1) is 11.5. The predicted octanol–water partition coefficient (Wildman–Crippen LogP) is 3.50. The molecule has 3 unspecified atom stereocenters. The number of hydrogen-bond acceptors (Lipinski definition) is 3. The Labute approximate surface area is 172 Å². The zero-order chi connectivity index (χ0) is 17.5. The first-order valence-corrected chi connectivity index (χ1v) is 9.74. The van der Waals surface area contributed by atoms with Gasteiger partial charge in [0.15, 0.2) is 5.96 Å². The lowest BCUT2D eigenvalue weighted by Crippen LogP contribution is -2.45. The van der Waals surface area contributed by atoms with E-state index in [1.54, 1.807) is 19.2 Å². The average Bonchev–Trinajstić information content (AvgIpc) is 3.01. The number of likely N-dealkylation sites (N-methyl/N-ethyl adjacent to an activating group) is 1. The molecular weight excluding hydrogens is 450 g/mol. The first-order valence-electron chi connectivity index (χ1n) is 8.45. The van der Waals surface area contributed by atoms with Gasteiger partial charge in [-0.2, -0.15) is 11.8 Å². The zero-order valence-corrected chi connectivity index (χ0v) is 18.6. The molecule has 0 aromatic heterocycles. The molecule has 142 valence electrons. The Balaban J connectivity index is 0.00000312. The third-order valence-electron chi connectivity index (χ3n) is 4.60. The summed E-state index contributed by atoms with van der Waals surface area (Å²) in [7, 11) is 5.81. The highest BCUT2D eigenvalue weighted by Crippen LogP contribution is 2.28. The Bertz CT molecular complexity index is 556. The topological polar surface area (TPSA) is 39.7 Å². The molecule has 2 rings (SSSR count). The normalized spacial score (nSPS) is 21.8. The van der Waals surface area contributed by atoms with Gasteiger partial charge in [-0.05, 0) is 57.3 Å². The van der Waals surface area contributed by atoms with Crippen LogP contribution in [0.15, 0.2) is 29.3 Å². The second kappa shape index (κ2) is 11.2. The zero-order valence-electron chi connectivity index (χ0n) is 15.5. The molecule has 0 heterocycles. The van der Waals surface area contributed by atoms with Crippen molar-refractivity contribution in [3.05, 3.63) is 35.6 Å². The van der Waals surface area contributed by atoms with Crippen LogP contribution in [0, 0.1) is 5.82 Å². The summed E-state index contributed by atoms with van der Waals surface area (Å²) in [6, 6.07) is 7.37. The number of nitrogens with one attached hydrogen (secondary N) is 2. The van der Waals surface area contributed by atoms with Crippen molar-refractivity contribution in [1.82, 2.24) is 15.5 Å². The van der Waals surface area contributed by atoms with Crippen molar-refractivity contribution in [3.63, 3.8) is 0 Å². The summed E-state index contributed by atoms with van der Waals surface area (Å²) in [5.74, 6) is 0.626. The summed E-state index contributed by atoms with van der Waals surface area (Å²) in [5, 5.41) is 7.67. The highest BCUT2D eigenvalue weighted by Gasteiger charge is 2.24. The van der Waals surface area contributed by atoms with Gasteiger partial charge in [-0.3, -0.25) is 4.99 Å². The van der Waals surface area contributed by atoms with E-state index >= 15 is 0 Å². The second-order valence-corrected chi connectivity index (χ2v) is 7.64. The van der Waals surface area contributed by atoms with Gasteiger partial charge in [-0.1, -0.05) is 12.1 Å². The van der Waals surface area contributed by atoms with Crippen molar-refractivity contribution in [2.24, 2.45) is 4.99 Å². The van der Waals surface area contributed by atoms with Gasteiger partial charge in [0.05, 0.1) is 6.04 Å². The lowest BCUT2D eigenvalue weighted by molar-refractivity contribution is 0.297. The van der Waals surface area contributed by atoms with Gasteiger partial charge in [-0.15, -0.1) is 24.0 Å². The molecule has 0 bridgehead atoms. The molecule has 0 spiro atoms. The molecule has 0 amide bonds. The molecule has 25 heavy (non-hydrogen) atoms. The summed E-state index contributed by atoms with van der Waals surface area (Å²) >= 11 is 1.95. The molecule has 1 aliphatic rings. The number of benzene rings is 1. The molecule has 1 saturated carbocycles. The van der Waals surface area contributed by atoms with E-state index in [1.165, 1.54) is 25.3 Å². The molecule has 1 aromatic carbocycles. The van der Waals surface area contributed by atoms with Crippen molar-refractivity contribution in [2.75, 3.05) is 33.9 Å². The van der Waals surface area contributed by atoms with Crippen LogP contribution in [0.5, 0.6) is 0 Å². The van der Waals surface area contributed by atoms with Gasteiger partial charge in [0.1, 0.15) is 5.82 Å². The molecule has 0 saturated heterocycles. The third kappa shape index (κ3) is 6.94. The maximum Gasteiger partial charge on any atom is 0.191 e. The van der Waals surface area contributed by atoms with Gasteiger partial charge in [0.25, 0.3) is 0 Å². The molecule has 0 aliphatic heterocycles. The molecule has 7 heteroatoms. The minimum atomic E-state index is -0.198. The minimum Gasteiger partial charge on any atom is -0.354 e. The fourth-order valence-corrected chi connectivity index (χ4v) is 3.98. The number of rotatable bonds is 6. The predicted molar refractivity (Wildman–Crippen MR) is 118 cm³/mol. The summed E-state index contributed by atoms with van der Waals surface area (Å²) in [6.07, 6.45) is 5.82. The molecule has 1 fully saturated rings. The molecule has 2 N–H and O–H groups in total. The lowest BCUT2D eigenvalue weighted by Gasteiger charge is -2.26. The van der Waals surface area contributed by atoms with Crippen molar-refractivity contribution < 1.29 is 4.39 Å². The van der Waals surface area contributed by atoms with Crippen LogP contribution in [-0.2, 0) is 0 Å². The molecule has 1 aliphatic carbocycles. The van der Waals surface area contributed by atoms with Crippen molar-refractivity contribution in [3.8, 4) is 0 Å². The van der Waals surface area contributed by atoms with E-state index in [0.29, 0.717) is 12.6 Å². The fraction of sp³-hybridized carbons (Fsp3) is 0.611. The fourth-order valence-electron chi connectivity index (χ4n) is 3.18. The quantitative estimate of drug-likeness (QED) is 0.372. The average molecular weight is 480 g/mol. The molecular formula is C18H30FIN4S. The Morgan fingerprint density at radius 2 is 2.16 bits per heavy atom. The number of guanidine groups is 1. The Morgan fingerprint density at radius 3 is 2.72 bits per heavy atom. The van der Waals surface area contributed by atoms with Gasteiger partial charge in [-0.25, -0.2) is 4.39 Å². The van der Waals surface area contributed by atoms with E-state index in [1.807, 2.05) is 31.9 Å². The van der Waals surface area contributed by atoms with E-state index in [2.05, 4.69) is 26.8 Å². The summed E-state index contributed by atoms with van der Waals surface area (Å²) in [6.45, 7) is 0.675. The molecule has 1 aromatic rings. The van der Waals surface area contributed by atoms with Crippen molar-refractivity contribution >= 4 is 41.7 Å². The third-order valence-corrected chi connectivity index (χ3v) is 5.70. The van der Waals surface area contributed by atoms with Gasteiger partial charge >= 0.3 is 0 Å². The number of hydrogen-bond donors (Lipinski definition) is 2. The van der Waals surface area contributed by atoms with Gasteiger partial charge < -0.3 is 15.5 Å². The number of nitrogens with zero attached hydrogens (tertiary/aromatic N) is 2. The Kier molecular flexibility index (Phi) is 10.1. The van der Waals surface area contributed by atoms with Crippen LogP contribution < -0.4 is 10.6 Å². The smallest absolute Gasteiger partial charge is 0.191 e. The van der Waals surface area contributed by atoms with Crippen LogP contribution in [0.3, 0.4) is 0 Å². The van der Waals surface area contributed by atoms with E-state index in [9.17, 15) is 4.39 Å². The van der Waals surface area contributed by atoms with E-state index < -0.39 is 0 Å². The lowest BCUT2D eigenvalue weighted by atomic mass is 10.1. The summed E-state index contributed by atoms with van der Waals surface area (Å²) in [4.78, 5) is 6.43. The Hall–Kier alpha value is -0.540. The number of halogens is 2. The van der Waals surface area contributed by atoms with E-state index in [4.69, 9.17) is 0 Å². The van der Waals surface area contributed by atoms with E-state index in [-0.39, 0.29) is 35.8 Å². The minimum absolute atomic E-state index is 0. The summed E-state index contributed by atoms with van der Waals surface area (Å²) in [5.41, 5.74) is 0.964. The number of aliphatic imine (C=N–C) groups is 1. The van der Waals surface area contributed by atoms with Crippen molar-refractivity contribution in [1.29, 1.82) is 0 Å². The maximum atomic E-state index is 13.5. The first kappa shape index (κ1) is 22.5. The standard InChI is InChI=1S/C18H29FN4S.HI/c1-20-18(22-15-8-9-16(11-15)24-4)21-12-17(23(2)3)13-6-5-7-14(19)10-13;/h5-7,10,15-17H,8-9,11-12H2,1-4H3,(H2,20,21,22);1H. The van der Waals surface area contributed by atoms with Gasteiger partial charge in [0.2, 0.25) is 0 Å². The summed E-state index contributed by atoms with van der Waals surface area (Å²) < 4.78 is 13.5. The van der Waals surface area contributed by atoms with Crippen LogP contribution in [0.25, 0.3) is 0 Å². The molecule has 0 radical (unpaired) electrons. The van der Waals surface area contributed by atoms with E-state index in [0.717, 1.165) is 16.8 Å². The highest BCUT2D eigenvalue weighted by molar-refractivity contribution is 14.0. The van der Waals surface area contributed by atoms with Crippen LogP contribution in [0.2, 0.25) is 0 Å². The van der Waals surface area contributed by atoms with Crippen LogP contribution >= 0.6 is 35.7 Å². The highest BCUT2D eigenvalue weighted by atomic mass is 127. The van der Waals surface area contributed by atoms with Gasteiger partial charge in [0, 0.05) is 24.9 Å². The Morgan fingerprint density at radius 1 is 1.40 bits per heavy atom. The second-order valence-electron chi connectivity index (χ2n) is 6.50. The SMILES string of the molecule is CN=C(NCC(c1cccc(F)c1)N(C)C)NC1CCC(SC)C1.I. The molecule has 4 nitrogen and oxygen atoms in total. The molecule has 3 atom stereocenters. The van der Waals surface area contributed by atoms with Crippen LogP contribution in [0.1, 0.15) is 30.9 Å². The van der Waals surface area contributed by atoms with Crippen molar-refractivity contribution in [2.45, 2.75) is 36.6 Å².